The first-order valence-electron chi connectivity index (χ1n) is 6.08. The van der Waals surface area contributed by atoms with Gasteiger partial charge in [-0.25, -0.2) is 4.39 Å². The fourth-order valence-electron chi connectivity index (χ4n) is 1.90. The Morgan fingerprint density at radius 1 is 1.21 bits per heavy atom. The van der Waals surface area contributed by atoms with Gasteiger partial charge in [-0.15, -0.1) is 0 Å². The number of hydrogen-bond acceptors (Lipinski definition) is 2. The third-order valence-electron chi connectivity index (χ3n) is 2.97. The van der Waals surface area contributed by atoms with E-state index >= 15 is 0 Å². The van der Waals surface area contributed by atoms with Gasteiger partial charge in [0, 0.05) is 22.8 Å². The monoisotopic (exact) mass is 278 g/mol. The molecule has 0 saturated carbocycles. The molecule has 0 aromatic heterocycles. The molecule has 2 aromatic carbocycles. The average molecular weight is 279 g/mol. The molecule has 0 aliphatic rings. The van der Waals surface area contributed by atoms with Gasteiger partial charge >= 0.3 is 0 Å². The van der Waals surface area contributed by atoms with Crippen LogP contribution in [0.15, 0.2) is 42.5 Å². The van der Waals surface area contributed by atoms with Gasteiger partial charge in [0.05, 0.1) is 6.04 Å². The third kappa shape index (κ3) is 3.46. The van der Waals surface area contributed by atoms with E-state index in [2.05, 4.69) is 5.32 Å². The Morgan fingerprint density at radius 3 is 2.47 bits per heavy atom. The Bertz CT molecular complexity index is 555. The fourth-order valence-corrected chi connectivity index (χ4v) is 2.06. The molecule has 19 heavy (non-hydrogen) atoms. The molecule has 3 N–H and O–H groups in total. The SMILES string of the molecule is Cc1ccc(NC(CN)c2ccc(Cl)cc2F)cc1. The van der Waals surface area contributed by atoms with Crippen LogP contribution in [0.3, 0.4) is 0 Å². The molecule has 0 aliphatic carbocycles. The van der Waals surface area contributed by atoms with E-state index in [0.717, 1.165) is 5.69 Å². The van der Waals surface area contributed by atoms with Crippen molar-refractivity contribution in [3.63, 3.8) is 0 Å². The van der Waals surface area contributed by atoms with Crippen LogP contribution < -0.4 is 11.1 Å². The highest BCUT2D eigenvalue weighted by molar-refractivity contribution is 6.30. The standard InChI is InChI=1S/C15H16ClFN2/c1-10-2-5-12(6-3-10)19-15(9-18)13-7-4-11(16)8-14(13)17/h2-8,15,19H,9,18H2,1H3. The molecule has 0 fully saturated rings. The van der Waals surface area contributed by atoms with Crippen LogP contribution in [-0.2, 0) is 0 Å². The second-order valence-corrected chi connectivity index (χ2v) is 4.90. The minimum Gasteiger partial charge on any atom is -0.377 e. The highest BCUT2D eigenvalue weighted by Gasteiger charge is 2.14. The molecule has 0 radical (unpaired) electrons. The van der Waals surface area contributed by atoms with E-state index in [9.17, 15) is 4.39 Å². The number of halogens is 2. The lowest BCUT2D eigenvalue weighted by Crippen LogP contribution is -2.21. The van der Waals surface area contributed by atoms with Crippen LogP contribution >= 0.6 is 11.6 Å². The maximum absolute atomic E-state index is 13.9. The summed E-state index contributed by atoms with van der Waals surface area (Å²) in [5.74, 6) is -0.345. The molecule has 0 aliphatic heterocycles. The van der Waals surface area contributed by atoms with Gasteiger partial charge in [-0.1, -0.05) is 35.4 Å². The third-order valence-corrected chi connectivity index (χ3v) is 3.20. The van der Waals surface area contributed by atoms with E-state index < -0.39 is 0 Å². The molecule has 0 amide bonds. The topological polar surface area (TPSA) is 38.0 Å². The van der Waals surface area contributed by atoms with Gasteiger partial charge in [0.2, 0.25) is 0 Å². The first-order chi connectivity index (χ1) is 9.10. The lowest BCUT2D eigenvalue weighted by Gasteiger charge is -2.19. The van der Waals surface area contributed by atoms with Crippen molar-refractivity contribution in [3.05, 3.63) is 64.4 Å². The molecule has 0 spiro atoms. The van der Waals surface area contributed by atoms with Gasteiger partial charge in [0.15, 0.2) is 0 Å². The van der Waals surface area contributed by atoms with Crippen LogP contribution in [0.5, 0.6) is 0 Å². The van der Waals surface area contributed by atoms with Crippen molar-refractivity contribution in [2.45, 2.75) is 13.0 Å². The van der Waals surface area contributed by atoms with Crippen molar-refractivity contribution in [1.29, 1.82) is 0 Å². The molecule has 1 unspecified atom stereocenters. The number of nitrogens with one attached hydrogen (secondary N) is 1. The molecule has 0 heterocycles. The molecule has 4 heteroatoms. The molecular weight excluding hydrogens is 263 g/mol. The first kappa shape index (κ1) is 13.8. The summed E-state index contributed by atoms with van der Waals surface area (Å²) >= 11 is 5.75. The van der Waals surface area contributed by atoms with Crippen molar-refractivity contribution in [3.8, 4) is 0 Å². The summed E-state index contributed by atoms with van der Waals surface area (Å²) in [6.45, 7) is 2.31. The molecule has 1 atom stereocenters. The molecular formula is C15H16ClFN2. The summed E-state index contributed by atoms with van der Waals surface area (Å²) in [7, 11) is 0. The number of anilines is 1. The van der Waals surface area contributed by atoms with Gasteiger partial charge in [-0.05, 0) is 31.2 Å². The van der Waals surface area contributed by atoms with E-state index in [1.54, 1.807) is 12.1 Å². The van der Waals surface area contributed by atoms with Crippen molar-refractivity contribution in [1.82, 2.24) is 0 Å². The van der Waals surface area contributed by atoms with Gasteiger partial charge < -0.3 is 11.1 Å². The summed E-state index contributed by atoms with van der Waals surface area (Å²) in [4.78, 5) is 0. The smallest absolute Gasteiger partial charge is 0.130 e. The largest absolute Gasteiger partial charge is 0.377 e. The minimum atomic E-state index is -0.345. The van der Waals surface area contributed by atoms with Crippen LogP contribution in [0.2, 0.25) is 5.02 Å². The highest BCUT2D eigenvalue weighted by atomic mass is 35.5. The molecule has 2 aromatic rings. The molecule has 0 bridgehead atoms. The normalized spacial score (nSPS) is 12.2. The summed E-state index contributed by atoms with van der Waals surface area (Å²) in [5.41, 5.74) is 8.33. The van der Waals surface area contributed by atoms with E-state index in [1.807, 2.05) is 31.2 Å². The number of rotatable bonds is 4. The lowest BCUT2D eigenvalue weighted by atomic mass is 10.1. The van der Waals surface area contributed by atoms with Crippen LogP contribution in [0, 0.1) is 12.7 Å². The molecule has 100 valence electrons. The Labute approximate surface area is 117 Å². The van der Waals surface area contributed by atoms with Crippen molar-refractivity contribution in [2.75, 3.05) is 11.9 Å². The number of hydrogen-bond donors (Lipinski definition) is 2. The van der Waals surface area contributed by atoms with Crippen molar-refractivity contribution in [2.24, 2.45) is 5.73 Å². The summed E-state index contributed by atoms with van der Waals surface area (Å²) in [6.07, 6.45) is 0. The van der Waals surface area contributed by atoms with E-state index in [4.69, 9.17) is 17.3 Å². The predicted molar refractivity (Wildman–Crippen MR) is 78.0 cm³/mol. The Morgan fingerprint density at radius 2 is 1.89 bits per heavy atom. The quantitative estimate of drug-likeness (QED) is 0.890. The molecule has 2 nitrogen and oxygen atoms in total. The van der Waals surface area contributed by atoms with Crippen molar-refractivity contribution < 1.29 is 4.39 Å². The first-order valence-corrected chi connectivity index (χ1v) is 6.46. The Balaban J connectivity index is 2.22. The maximum atomic E-state index is 13.9. The second kappa shape index (κ2) is 6.04. The predicted octanol–water partition coefficient (Wildman–Crippen LogP) is 3.90. The number of nitrogens with two attached hydrogens (primary N) is 1. The average Bonchev–Trinajstić information content (AvgIpc) is 2.39. The van der Waals surface area contributed by atoms with E-state index in [0.29, 0.717) is 17.1 Å². The zero-order chi connectivity index (χ0) is 13.8. The zero-order valence-corrected chi connectivity index (χ0v) is 11.4. The van der Waals surface area contributed by atoms with E-state index in [1.165, 1.54) is 11.6 Å². The highest BCUT2D eigenvalue weighted by Crippen LogP contribution is 2.24. The van der Waals surface area contributed by atoms with Gasteiger partial charge in [-0.2, -0.15) is 0 Å². The zero-order valence-electron chi connectivity index (χ0n) is 10.7. The summed E-state index contributed by atoms with van der Waals surface area (Å²) in [5, 5.41) is 3.61. The fraction of sp³-hybridized carbons (Fsp3) is 0.200. The Hall–Kier alpha value is -1.58. The van der Waals surface area contributed by atoms with Crippen molar-refractivity contribution >= 4 is 17.3 Å². The van der Waals surface area contributed by atoms with Gasteiger partial charge in [0.25, 0.3) is 0 Å². The summed E-state index contributed by atoms with van der Waals surface area (Å²) < 4.78 is 13.9. The summed E-state index contributed by atoms with van der Waals surface area (Å²) in [6, 6.07) is 12.2. The maximum Gasteiger partial charge on any atom is 0.130 e. The van der Waals surface area contributed by atoms with Crippen LogP contribution in [0.4, 0.5) is 10.1 Å². The number of aryl methyl sites for hydroxylation is 1. The minimum absolute atomic E-state index is 0.278. The van der Waals surface area contributed by atoms with Crippen LogP contribution in [-0.4, -0.2) is 6.54 Å². The Kier molecular flexibility index (Phi) is 4.40. The van der Waals surface area contributed by atoms with Crippen LogP contribution in [0.1, 0.15) is 17.2 Å². The van der Waals surface area contributed by atoms with Gasteiger partial charge in [-0.3, -0.25) is 0 Å². The second-order valence-electron chi connectivity index (χ2n) is 4.46. The van der Waals surface area contributed by atoms with Gasteiger partial charge in [0.1, 0.15) is 5.82 Å². The lowest BCUT2D eigenvalue weighted by molar-refractivity contribution is 0.593. The number of benzene rings is 2. The molecule has 0 saturated heterocycles. The van der Waals surface area contributed by atoms with Crippen LogP contribution in [0.25, 0.3) is 0 Å². The molecule has 2 rings (SSSR count). The van der Waals surface area contributed by atoms with E-state index in [-0.39, 0.29) is 11.9 Å².